The summed E-state index contributed by atoms with van der Waals surface area (Å²) in [5, 5.41) is 3.46. The van der Waals surface area contributed by atoms with Gasteiger partial charge in [-0.2, -0.15) is 0 Å². The number of anilines is 1. The van der Waals surface area contributed by atoms with Crippen molar-refractivity contribution >= 4 is 39.1 Å². The number of halogens is 1. The molecule has 1 atom stereocenters. The molecule has 0 spiro atoms. The Morgan fingerprint density at radius 1 is 0.921 bits per heavy atom. The lowest BCUT2D eigenvalue weighted by Gasteiger charge is -2.33. The molecule has 0 fully saturated rings. The van der Waals surface area contributed by atoms with Crippen molar-refractivity contribution in [2.45, 2.75) is 38.8 Å². The lowest BCUT2D eigenvalue weighted by Crippen LogP contribution is -2.53. The number of rotatable bonds is 13. The minimum absolute atomic E-state index is 0.0878. The normalized spacial score (nSPS) is 12.0. The standard InChI is InChI=1S/C29H34ClN3O4S/c1-3-4-18-31-29(35)27(20-23-12-7-5-8-13-23)32(21-24-14-11-15-25(30)19-24)28(34)22-33(38(2,36)37)26-16-9-6-10-17-26/h5-17,19,27H,3-4,18,20-22H2,1-2H3,(H,31,35). The molecule has 202 valence electrons. The second-order valence-electron chi connectivity index (χ2n) is 9.11. The smallest absolute Gasteiger partial charge is 0.244 e. The molecule has 0 aliphatic rings. The number of amides is 2. The van der Waals surface area contributed by atoms with Crippen molar-refractivity contribution in [3.8, 4) is 0 Å². The highest BCUT2D eigenvalue weighted by atomic mass is 35.5. The molecular formula is C29H34ClN3O4S. The maximum atomic E-state index is 13.9. The van der Waals surface area contributed by atoms with Gasteiger partial charge in [0.05, 0.1) is 11.9 Å². The molecule has 0 heterocycles. The van der Waals surface area contributed by atoms with Crippen LogP contribution in [0.1, 0.15) is 30.9 Å². The Hall–Kier alpha value is -3.36. The second-order valence-corrected chi connectivity index (χ2v) is 11.5. The molecule has 2 amide bonds. The minimum Gasteiger partial charge on any atom is -0.354 e. The Kier molecular flexibility index (Phi) is 10.7. The molecule has 0 bridgehead atoms. The molecule has 1 unspecified atom stereocenters. The number of nitrogens with one attached hydrogen (secondary N) is 1. The summed E-state index contributed by atoms with van der Waals surface area (Å²) in [4.78, 5) is 28.9. The summed E-state index contributed by atoms with van der Waals surface area (Å²) in [6, 6.07) is 24.1. The van der Waals surface area contributed by atoms with Crippen LogP contribution in [-0.2, 0) is 32.6 Å². The fraction of sp³-hybridized carbons (Fsp3) is 0.310. The van der Waals surface area contributed by atoms with E-state index in [2.05, 4.69) is 5.32 Å². The van der Waals surface area contributed by atoms with Gasteiger partial charge in [0, 0.05) is 24.5 Å². The summed E-state index contributed by atoms with van der Waals surface area (Å²) >= 11 is 6.22. The Balaban J connectivity index is 2.01. The van der Waals surface area contributed by atoms with Crippen molar-refractivity contribution in [1.82, 2.24) is 10.2 Å². The predicted molar refractivity (Wildman–Crippen MR) is 152 cm³/mol. The quantitative estimate of drug-likeness (QED) is 0.311. The molecule has 3 aromatic carbocycles. The summed E-state index contributed by atoms with van der Waals surface area (Å²) in [7, 11) is -3.78. The van der Waals surface area contributed by atoms with Gasteiger partial charge in [-0.15, -0.1) is 0 Å². The van der Waals surface area contributed by atoms with Crippen molar-refractivity contribution in [3.63, 3.8) is 0 Å². The summed E-state index contributed by atoms with van der Waals surface area (Å²) in [5.74, 6) is -0.783. The van der Waals surface area contributed by atoms with Crippen molar-refractivity contribution in [1.29, 1.82) is 0 Å². The fourth-order valence-electron chi connectivity index (χ4n) is 4.10. The first-order valence-electron chi connectivity index (χ1n) is 12.6. The Morgan fingerprint density at radius 3 is 2.16 bits per heavy atom. The van der Waals surface area contributed by atoms with Crippen LogP contribution in [0, 0.1) is 0 Å². The molecule has 0 saturated carbocycles. The zero-order valence-electron chi connectivity index (χ0n) is 21.7. The summed E-state index contributed by atoms with van der Waals surface area (Å²) in [5.41, 5.74) is 1.99. The molecular weight excluding hydrogens is 522 g/mol. The number of para-hydroxylation sites is 1. The maximum Gasteiger partial charge on any atom is 0.244 e. The molecule has 3 rings (SSSR count). The van der Waals surface area contributed by atoms with E-state index in [0.717, 1.165) is 34.5 Å². The zero-order chi connectivity index (χ0) is 27.5. The Labute approximate surface area is 230 Å². The van der Waals surface area contributed by atoms with Gasteiger partial charge in [-0.1, -0.05) is 85.6 Å². The Morgan fingerprint density at radius 2 is 1.55 bits per heavy atom. The molecule has 0 aliphatic carbocycles. The van der Waals surface area contributed by atoms with Gasteiger partial charge in [0.2, 0.25) is 21.8 Å². The number of hydrogen-bond acceptors (Lipinski definition) is 4. The van der Waals surface area contributed by atoms with Gasteiger partial charge in [-0.3, -0.25) is 13.9 Å². The third-order valence-electron chi connectivity index (χ3n) is 6.07. The number of carbonyl (C=O) groups is 2. The van der Waals surface area contributed by atoms with Crippen LogP contribution in [0.2, 0.25) is 5.02 Å². The average molecular weight is 556 g/mol. The van der Waals surface area contributed by atoms with Gasteiger partial charge in [0.25, 0.3) is 0 Å². The lowest BCUT2D eigenvalue weighted by molar-refractivity contribution is -0.140. The van der Waals surface area contributed by atoms with E-state index >= 15 is 0 Å². The third kappa shape index (κ3) is 8.60. The monoisotopic (exact) mass is 555 g/mol. The highest BCUT2D eigenvalue weighted by Crippen LogP contribution is 2.21. The molecule has 0 aliphatic heterocycles. The molecule has 38 heavy (non-hydrogen) atoms. The van der Waals surface area contributed by atoms with E-state index in [1.807, 2.05) is 43.3 Å². The van der Waals surface area contributed by atoms with Crippen molar-refractivity contribution < 1.29 is 18.0 Å². The first kappa shape index (κ1) is 29.2. The van der Waals surface area contributed by atoms with Gasteiger partial charge in [-0.25, -0.2) is 8.42 Å². The third-order valence-corrected chi connectivity index (χ3v) is 7.44. The maximum absolute atomic E-state index is 13.9. The largest absolute Gasteiger partial charge is 0.354 e. The topological polar surface area (TPSA) is 86.8 Å². The highest BCUT2D eigenvalue weighted by Gasteiger charge is 2.32. The van der Waals surface area contributed by atoms with E-state index in [1.54, 1.807) is 48.5 Å². The number of carbonyl (C=O) groups excluding carboxylic acids is 2. The number of benzene rings is 3. The van der Waals surface area contributed by atoms with Crippen LogP contribution in [0.5, 0.6) is 0 Å². The number of hydrogen-bond donors (Lipinski definition) is 1. The van der Waals surface area contributed by atoms with Crippen molar-refractivity contribution in [3.05, 3.63) is 101 Å². The predicted octanol–water partition coefficient (Wildman–Crippen LogP) is 4.66. The van der Waals surface area contributed by atoms with Gasteiger partial charge >= 0.3 is 0 Å². The van der Waals surface area contributed by atoms with E-state index in [-0.39, 0.29) is 18.9 Å². The van der Waals surface area contributed by atoms with Crippen LogP contribution >= 0.6 is 11.6 Å². The molecule has 0 radical (unpaired) electrons. The van der Waals surface area contributed by atoms with Crippen LogP contribution in [0.25, 0.3) is 0 Å². The van der Waals surface area contributed by atoms with E-state index in [4.69, 9.17) is 11.6 Å². The van der Waals surface area contributed by atoms with E-state index < -0.39 is 28.5 Å². The van der Waals surface area contributed by atoms with E-state index in [9.17, 15) is 18.0 Å². The summed E-state index contributed by atoms with van der Waals surface area (Å²) in [6.07, 6.45) is 3.06. The van der Waals surface area contributed by atoms with Gasteiger partial charge in [0.1, 0.15) is 12.6 Å². The first-order valence-corrected chi connectivity index (χ1v) is 14.8. The molecule has 1 N–H and O–H groups in total. The number of nitrogens with zero attached hydrogens (tertiary/aromatic N) is 2. The summed E-state index contributed by atoms with van der Waals surface area (Å²) in [6.45, 7) is 2.16. The lowest BCUT2D eigenvalue weighted by atomic mass is 10.0. The fourth-order valence-corrected chi connectivity index (χ4v) is 5.16. The second kappa shape index (κ2) is 14.0. The molecule has 3 aromatic rings. The van der Waals surface area contributed by atoms with Crippen LogP contribution in [-0.4, -0.2) is 50.5 Å². The van der Waals surface area contributed by atoms with Gasteiger partial charge < -0.3 is 10.2 Å². The molecule has 7 nitrogen and oxygen atoms in total. The average Bonchev–Trinajstić information content (AvgIpc) is 2.89. The van der Waals surface area contributed by atoms with E-state index in [1.165, 1.54) is 4.90 Å². The molecule has 0 aromatic heterocycles. The first-order chi connectivity index (χ1) is 18.2. The number of unbranched alkanes of at least 4 members (excludes halogenated alkanes) is 1. The van der Waals surface area contributed by atoms with Crippen molar-refractivity contribution in [2.75, 3.05) is 23.7 Å². The van der Waals surface area contributed by atoms with Crippen LogP contribution in [0.4, 0.5) is 5.69 Å². The van der Waals surface area contributed by atoms with Gasteiger partial charge in [-0.05, 0) is 41.8 Å². The minimum atomic E-state index is -3.78. The zero-order valence-corrected chi connectivity index (χ0v) is 23.3. The summed E-state index contributed by atoms with van der Waals surface area (Å²) < 4.78 is 26.5. The van der Waals surface area contributed by atoms with Crippen LogP contribution < -0.4 is 9.62 Å². The number of sulfonamides is 1. The van der Waals surface area contributed by atoms with Crippen LogP contribution in [0.3, 0.4) is 0 Å². The Bertz CT molecular complexity index is 1300. The highest BCUT2D eigenvalue weighted by molar-refractivity contribution is 7.92. The van der Waals surface area contributed by atoms with E-state index in [0.29, 0.717) is 17.3 Å². The van der Waals surface area contributed by atoms with Crippen LogP contribution in [0.15, 0.2) is 84.9 Å². The molecule has 9 heteroatoms. The van der Waals surface area contributed by atoms with Crippen molar-refractivity contribution in [2.24, 2.45) is 0 Å². The SMILES string of the molecule is CCCCNC(=O)C(Cc1ccccc1)N(Cc1cccc(Cl)c1)C(=O)CN(c1ccccc1)S(C)(=O)=O. The van der Waals surface area contributed by atoms with Gasteiger partial charge in [0.15, 0.2) is 0 Å². The molecule has 0 saturated heterocycles.